The number of aryl methyl sites for hydroxylation is 1. The molecular weight excluding hydrogens is 298 g/mol. The smallest absolute Gasteiger partial charge is 0.251 e. The third-order valence-corrected chi connectivity index (χ3v) is 3.84. The highest BCUT2D eigenvalue weighted by Gasteiger charge is 2.09. The Morgan fingerprint density at radius 1 is 1.23 bits per heavy atom. The third-order valence-electron chi connectivity index (χ3n) is 3.60. The Morgan fingerprint density at radius 2 is 2.05 bits per heavy atom. The van der Waals surface area contributed by atoms with E-state index in [0.717, 1.165) is 16.9 Å². The summed E-state index contributed by atoms with van der Waals surface area (Å²) in [5, 5.41) is 3.45. The van der Waals surface area contributed by atoms with Crippen LogP contribution in [0.4, 0.5) is 0 Å². The molecule has 3 aromatic rings. The van der Waals surface area contributed by atoms with Crippen LogP contribution in [0.1, 0.15) is 16.2 Å². The summed E-state index contributed by atoms with van der Waals surface area (Å²) >= 11 is 5.89. The molecule has 1 N–H and O–H groups in total. The van der Waals surface area contributed by atoms with E-state index in [2.05, 4.69) is 14.9 Å². The second-order valence-corrected chi connectivity index (χ2v) is 5.53. The number of para-hydroxylation sites is 2. The fourth-order valence-corrected chi connectivity index (χ4v) is 2.63. The average molecular weight is 314 g/mol. The molecule has 0 aliphatic heterocycles. The van der Waals surface area contributed by atoms with E-state index < -0.39 is 0 Å². The number of nitrogens with one attached hydrogen (secondary N) is 1. The largest absolute Gasteiger partial charge is 0.352 e. The number of aromatic nitrogens is 2. The fourth-order valence-electron chi connectivity index (χ4n) is 2.44. The van der Waals surface area contributed by atoms with E-state index in [4.69, 9.17) is 11.6 Å². The SMILES string of the molecule is Cn1c(CCNC(=O)c2cccc(Cl)c2)nc2ccccc21. The Hall–Kier alpha value is -2.33. The van der Waals surface area contributed by atoms with Crippen molar-refractivity contribution in [1.82, 2.24) is 14.9 Å². The van der Waals surface area contributed by atoms with E-state index in [1.54, 1.807) is 24.3 Å². The van der Waals surface area contributed by atoms with Crippen LogP contribution in [0.15, 0.2) is 48.5 Å². The Bertz CT molecular complexity index is 826. The maximum absolute atomic E-state index is 12.0. The molecule has 0 radical (unpaired) electrons. The summed E-state index contributed by atoms with van der Waals surface area (Å²) in [5.74, 6) is 0.828. The molecule has 0 spiro atoms. The van der Waals surface area contributed by atoms with Crippen molar-refractivity contribution >= 4 is 28.5 Å². The van der Waals surface area contributed by atoms with E-state index in [9.17, 15) is 4.79 Å². The van der Waals surface area contributed by atoms with Crippen LogP contribution in [0, 0.1) is 0 Å². The van der Waals surface area contributed by atoms with Crippen LogP contribution >= 0.6 is 11.6 Å². The highest BCUT2D eigenvalue weighted by Crippen LogP contribution is 2.14. The summed E-state index contributed by atoms with van der Waals surface area (Å²) in [5.41, 5.74) is 2.64. The van der Waals surface area contributed by atoms with Gasteiger partial charge in [-0.2, -0.15) is 0 Å². The number of hydrogen-bond donors (Lipinski definition) is 1. The lowest BCUT2D eigenvalue weighted by atomic mass is 10.2. The molecule has 0 aliphatic carbocycles. The van der Waals surface area contributed by atoms with E-state index in [-0.39, 0.29) is 5.91 Å². The van der Waals surface area contributed by atoms with E-state index in [1.807, 2.05) is 31.3 Å². The first-order valence-electron chi connectivity index (χ1n) is 7.09. The molecule has 1 amide bonds. The lowest BCUT2D eigenvalue weighted by Gasteiger charge is -2.06. The van der Waals surface area contributed by atoms with Gasteiger partial charge in [0, 0.05) is 30.6 Å². The molecule has 0 saturated carbocycles. The van der Waals surface area contributed by atoms with Crippen LogP contribution in [0.2, 0.25) is 5.02 Å². The first kappa shape index (κ1) is 14.6. The number of benzene rings is 2. The zero-order valence-corrected chi connectivity index (χ0v) is 13.0. The highest BCUT2D eigenvalue weighted by molar-refractivity contribution is 6.30. The lowest BCUT2D eigenvalue weighted by molar-refractivity contribution is 0.0954. The van der Waals surface area contributed by atoms with Gasteiger partial charge in [-0.15, -0.1) is 0 Å². The minimum absolute atomic E-state index is 0.124. The highest BCUT2D eigenvalue weighted by atomic mass is 35.5. The molecule has 0 saturated heterocycles. The van der Waals surface area contributed by atoms with Crippen LogP contribution in [-0.2, 0) is 13.5 Å². The summed E-state index contributed by atoms with van der Waals surface area (Å²) in [4.78, 5) is 16.6. The molecule has 5 heteroatoms. The van der Waals surface area contributed by atoms with Crippen molar-refractivity contribution in [3.63, 3.8) is 0 Å². The number of halogens is 1. The monoisotopic (exact) mass is 313 g/mol. The van der Waals surface area contributed by atoms with Crippen molar-refractivity contribution in [3.8, 4) is 0 Å². The van der Waals surface area contributed by atoms with Crippen molar-refractivity contribution in [1.29, 1.82) is 0 Å². The number of fused-ring (bicyclic) bond motifs is 1. The minimum atomic E-state index is -0.124. The Kier molecular flexibility index (Phi) is 4.11. The number of amides is 1. The van der Waals surface area contributed by atoms with Gasteiger partial charge in [-0.05, 0) is 30.3 Å². The number of carbonyl (C=O) groups excluding carboxylic acids is 1. The van der Waals surface area contributed by atoms with Gasteiger partial charge < -0.3 is 9.88 Å². The van der Waals surface area contributed by atoms with Crippen LogP contribution < -0.4 is 5.32 Å². The molecule has 0 fully saturated rings. The lowest BCUT2D eigenvalue weighted by Crippen LogP contribution is -2.26. The van der Waals surface area contributed by atoms with Crippen molar-refractivity contribution in [2.75, 3.05) is 6.54 Å². The Morgan fingerprint density at radius 3 is 2.82 bits per heavy atom. The topological polar surface area (TPSA) is 46.9 Å². The summed E-state index contributed by atoms with van der Waals surface area (Å²) in [6.45, 7) is 0.530. The van der Waals surface area contributed by atoms with E-state index >= 15 is 0 Å². The molecular formula is C17H16ClN3O. The van der Waals surface area contributed by atoms with Gasteiger partial charge >= 0.3 is 0 Å². The zero-order chi connectivity index (χ0) is 15.5. The van der Waals surface area contributed by atoms with Crippen LogP contribution in [-0.4, -0.2) is 22.0 Å². The maximum Gasteiger partial charge on any atom is 0.251 e. The zero-order valence-electron chi connectivity index (χ0n) is 12.2. The van der Waals surface area contributed by atoms with Crippen molar-refractivity contribution in [2.45, 2.75) is 6.42 Å². The normalized spacial score (nSPS) is 10.8. The number of imidazole rings is 1. The molecule has 0 atom stereocenters. The molecule has 1 aromatic heterocycles. The Labute approximate surface area is 133 Å². The van der Waals surface area contributed by atoms with Gasteiger partial charge in [0.15, 0.2) is 0 Å². The standard InChI is InChI=1S/C17H16ClN3O/c1-21-15-8-3-2-7-14(15)20-16(21)9-10-19-17(22)12-5-4-6-13(18)11-12/h2-8,11H,9-10H2,1H3,(H,19,22). The van der Waals surface area contributed by atoms with Crippen LogP contribution in [0.25, 0.3) is 11.0 Å². The van der Waals surface area contributed by atoms with E-state index in [0.29, 0.717) is 23.6 Å². The summed E-state index contributed by atoms with van der Waals surface area (Å²) in [6.07, 6.45) is 0.678. The number of carbonyl (C=O) groups is 1. The fraction of sp³-hybridized carbons (Fsp3) is 0.176. The second-order valence-electron chi connectivity index (χ2n) is 5.09. The van der Waals surface area contributed by atoms with Crippen molar-refractivity contribution in [2.24, 2.45) is 7.05 Å². The summed E-state index contributed by atoms with van der Waals surface area (Å²) in [7, 11) is 1.99. The average Bonchev–Trinajstić information content (AvgIpc) is 2.84. The van der Waals surface area contributed by atoms with Gasteiger partial charge in [0.25, 0.3) is 5.91 Å². The summed E-state index contributed by atoms with van der Waals surface area (Å²) in [6, 6.07) is 14.9. The van der Waals surface area contributed by atoms with Crippen molar-refractivity contribution in [3.05, 3.63) is 64.9 Å². The first-order chi connectivity index (χ1) is 10.6. The third kappa shape index (κ3) is 2.97. The second kappa shape index (κ2) is 6.20. The molecule has 1 heterocycles. The van der Waals surface area contributed by atoms with Gasteiger partial charge in [-0.1, -0.05) is 29.8 Å². The van der Waals surface area contributed by atoms with Gasteiger partial charge in [-0.3, -0.25) is 4.79 Å². The van der Waals surface area contributed by atoms with Crippen molar-refractivity contribution < 1.29 is 4.79 Å². The number of rotatable bonds is 4. The molecule has 22 heavy (non-hydrogen) atoms. The molecule has 0 bridgehead atoms. The van der Waals surface area contributed by atoms with E-state index in [1.165, 1.54) is 0 Å². The van der Waals surface area contributed by atoms with Gasteiger partial charge in [0.2, 0.25) is 0 Å². The summed E-state index contributed by atoms with van der Waals surface area (Å²) < 4.78 is 2.06. The predicted octanol–water partition coefficient (Wildman–Crippen LogP) is 3.20. The Balaban J connectivity index is 1.65. The van der Waals surface area contributed by atoms with Gasteiger partial charge in [0.05, 0.1) is 11.0 Å². The molecule has 2 aromatic carbocycles. The molecule has 4 nitrogen and oxygen atoms in total. The first-order valence-corrected chi connectivity index (χ1v) is 7.47. The number of nitrogens with zero attached hydrogens (tertiary/aromatic N) is 2. The quantitative estimate of drug-likeness (QED) is 0.804. The maximum atomic E-state index is 12.0. The molecule has 3 rings (SSSR count). The van der Waals surface area contributed by atoms with Gasteiger partial charge in [0.1, 0.15) is 5.82 Å². The van der Waals surface area contributed by atoms with Crippen LogP contribution in [0.5, 0.6) is 0 Å². The van der Waals surface area contributed by atoms with Gasteiger partial charge in [-0.25, -0.2) is 4.98 Å². The van der Waals surface area contributed by atoms with Crippen LogP contribution in [0.3, 0.4) is 0 Å². The molecule has 0 unspecified atom stereocenters. The predicted molar refractivity (Wildman–Crippen MR) is 88.2 cm³/mol. The number of hydrogen-bond acceptors (Lipinski definition) is 2. The molecule has 0 aliphatic rings. The molecule has 112 valence electrons. The minimum Gasteiger partial charge on any atom is -0.352 e.